The Kier molecular flexibility index (Phi) is 21.3. The van der Waals surface area contributed by atoms with E-state index in [1.807, 2.05) is 0 Å². The predicted molar refractivity (Wildman–Crippen MR) is 116 cm³/mol. The molecule has 1 unspecified atom stereocenters. The molecule has 0 saturated carbocycles. The first kappa shape index (κ1) is 26.4. The summed E-state index contributed by atoms with van der Waals surface area (Å²) in [4.78, 5) is 11.5. The number of aliphatic hydroxyl groups is 1. The molecule has 0 rings (SSSR count). The molecule has 0 aliphatic rings. The van der Waals surface area contributed by atoms with Gasteiger partial charge in [-0.15, -0.1) is 0 Å². The summed E-state index contributed by atoms with van der Waals surface area (Å²) in [5, 5.41) is 9.95. The maximum Gasteiger partial charge on any atom is 0.305 e. The third-order valence-electron chi connectivity index (χ3n) is 5.33. The maximum atomic E-state index is 11.5. The predicted octanol–water partition coefficient (Wildman–Crippen LogP) is 7.34. The van der Waals surface area contributed by atoms with Gasteiger partial charge in [-0.05, 0) is 19.3 Å². The molecule has 27 heavy (non-hydrogen) atoms. The van der Waals surface area contributed by atoms with Gasteiger partial charge in [-0.3, -0.25) is 4.79 Å². The van der Waals surface area contributed by atoms with Crippen molar-refractivity contribution in [3.63, 3.8) is 0 Å². The monoisotopic (exact) mass is 384 g/mol. The lowest BCUT2D eigenvalue weighted by molar-refractivity contribution is -0.144. The van der Waals surface area contributed by atoms with Crippen LogP contribution in [0.1, 0.15) is 136 Å². The van der Waals surface area contributed by atoms with E-state index < -0.39 is 0 Å². The lowest BCUT2D eigenvalue weighted by Gasteiger charge is -2.10. The molecule has 0 saturated heterocycles. The summed E-state index contributed by atoms with van der Waals surface area (Å²) in [7, 11) is 0. The molecule has 3 heteroatoms. The van der Waals surface area contributed by atoms with Gasteiger partial charge >= 0.3 is 5.97 Å². The van der Waals surface area contributed by atoms with Crippen molar-refractivity contribution in [2.75, 3.05) is 6.61 Å². The molecule has 0 heterocycles. The Hall–Kier alpha value is -0.570. The fraction of sp³-hybridized carbons (Fsp3) is 0.958. The lowest BCUT2D eigenvalue weighted by Crippen LogP contribution is -2.12. The number of ether oxygens (including phenoxy) is 1. The van der Waals surface area contributed by atoms with Crippen LogP contribution in [0.2, 0.25) is 0 Å². The Labute approximate surface area is 169 Å². The fourth-order valence-electron chi connectivity index (χ4n) is 3.41. The third kappa shape index (κ3) is 21.6. The highest BCUT2D eigenvalue weighted by Crippen LogP contribution is 2.14. The van der Waals surface area contributed by atoms with Crippen molar-refractivity contribution in [1.82, 2.24) is 0 Å². The van der Waals surface area contributed by atoms with Crippen LogP contribution < -0.4 is 0 Å². The fourth-order valence-corrected chi connectivity index (χ4v) is 3.41. The highest BCUT2D eigenvalue weighted by Gasteiger charge is 2.09. The van der Waals surface area contributed by atoms with Crippen molar-refractivity contribution in [2.24, 2.45) is 0 Å². The van der Waals surface area contributed by atoms with E-state index in [9.17, 15) is 9.90 Å². The van der Waals surface area contributed by atoms with E-state index >= 15 is 0 Å². The summed E-state index contributed by atoms with van der Waals surface area (Å²) in [5.74, 6) is -0.163. The molecule has 1 atom stereocenters. The maximum absolute atomic E-state index is 11.5. The molecule has 0 aromatic carbocycles. The molecule has 0 aliphatic heterocycles. The number of carbonyl (C=O) groups excluding carboxylic acids is 1. The minimum Gasteiger partial charge on any atom is -0.466 e. The van der Waals surface area contributed by atoms with Gasteiger partial charge in [0, 0.05) is 6.42 Å². The molecular formula is C24H48O3. The Balaban J connectivity index is 3.22. The molecule has 3 nitrogen and oxygen atoms in total. The smallest absolute Gasteiger partial charge is 0.305 e. The van der Waals surface area contributed by atoms with Gasteiger partial charge in [-0.2, -0.15) is 0 Å². The topological polar surface area (TPSA) is 46.5 Å². The second-order valence-corrected chi connectivity index (χ2v) is 8.15. The highest BCUT2D eigenvalue weighted by atomic mass is 16.5. The zero-order valence-corrected chi connectivity index (χ0v) is 18.5. The molecule has 1 N–H and O–H groups in total. The first-order chi connectivity index (χ1) is 13.2. The number of unbranched alkanes of at least 4 members (excludes halogenated alkanes) is 14. The number of carbonyl (C=O) groups is 1. The first-order valence-corrected chi connectivity index (χ1v) is 12.0. The van der Waals surface area contributed by atoms with Crippen molar-refractivity contribution >= 4 is 5.97 Å². The van der Waals surface area contributed by atoms with Crippen LogP contribution >= 0.6 is 0 Å². The summed E-state index contributed by atoms with van der Waals surface area (Å²) in [6.07, 6.45) is 22.2. The zero-order valence-electron chi connectivity index (χ0n) is 18.5. The van der Waals surface area contributed by atoms with E-state index in [-0.39, 0.29) is 12.1 Å². The first-order valence-electron chi connectivity index (χ1n) is 12.0. The van der Waals surface area contributed by atoms with Gasteiger partial charge in [0.25, 0.3) is 0 Å². The average molecular weight is 385 g/mol. The van der Waals surface area contributed by atoms with E-state index in [1.165, 1.54) is 83.5 Å². The minimum atomic E-state index is -0.346. The van der Waals surface area contributed by atoms with Crippen LogP contribution in [0.25, 0.3) is 0 Å². The van der Waals surface area contributed by atoms with Crippen LogP contribution in [0, 0.1) is 0 Å². The molecule has 0 radical (unpaired) electrons. The number of rotatable bonds is 21. The minimum absolute atomic E-state index is 0.163. The van der Waals surface area contributed by atoms with E-state index in [1.54, 1.807) is 0 Å². The quantitative estimate of drug-likeness (QED) is 0.166. The van der Waals surface area contributed by atoms with Crippen LogP contribution in [0.3, 0.4) is 0 Å². The van der Waals surface area contributed by atoms with Crippen molar-refractivity contribution < 1.29 is 14.6 Å². The highest BCUT2D eigenvalue weighted by molar-refractivity contribution is 5.69. The Morgan fingerprint density at radius 3 is 1.59 bits per heavy atom. The average Bonchev–Trinajstić information content (AvgIpc) is 2.67. The molecule has 0 aliphatic carbocycles. The van der Waals surface area contributed by atoms with Gasteiger partial charge in [0.15, 0.2) is 0 Å². The second-order valence-electron chi connectivity index (χ2n) is 8.15. The van der Waals surface area contributed by atoms with Gasteiger partial charge in [-0.25, -0.2) is 0 Å². The number of hydrogen-bond donors (Lipinski definition) is 1. The van der Waals surface area contributed by atoms with E-state index in [0.717, 1.165) is 25.7 Å². The van der Waals surface area contributed by atoms with Crippen molar-refractivity contribution in [3.05, 3.63) is 0 Å². The Morgan fingerprint density at radius 1 is 0.667 bits per heavy atom. The summed E-state index contributed by atoms with van der Waals surface area (Å²) in [6.45, 7) is 4.87. The summed E-state index contributed by atoms with van der Waals surface area (Å²) in [6, 6.07) is 0. The summed E-state index contributed by atoms with van der Waals surface area (Å²) in [5.41, 5.74) is 0. The normalized spacial score (nSPS) is 12.3. The lowest BCUT2D eigenvalue weighted by atomic mass is 10.0. The standard InChI is InChI=1S/C24H48O3/c1-3-5-7-8-9-10-11-12-13-14-15-16-17-18-19-23(25)20-21-24(26)27-22-6-4-2/h23,25H,3-22H2,1-2H3. The molecule has 0 aromatic heterocycles. The second kappa shape index (κ2) is 21.7. The molecule has 0 spiro atoms. The van der Waals surface area contributed by atoms with Crippen LogP contribution in [0.4, 0.5) is 0 Å². The van der Waals surface area contributed by atoms with Gasteiger partial charge < -0.3 is 9.84 Å². The van der Waals surface area contributed by atoms with E-state index in [0.29, 0.717) is 19.4 Å². The molecular weight excluding hydrogens is 336 g/mol. The van der Waals surface area contributed by atoms with E-state index in [2.05, 4.69) is 13.8 Å². The summed E-state index contributed by atoms with van der Waals surface area (Å²) < 4.78 is 5.11. The van der Waals surface area contributed by atoms with Crippen molar-refractivity contribution in [2.45, 2.75) is 142 Å². The SMILES string of the molecule is CCCCCCCCCCCCCCCCC(O)CCC(=O)OCCCC. The van der Waals surface area contributed by atoms with Crippen molar-refractivity contribution in [1.29, 1.82) is 0 Å². The van der Waals surface area contributed by atoms with E-state index in [4.69, 9.17) is 4.74 Å². The zero-order chi connectivity index (χ0) is 20.0. The van der Waals surface area contributed by atoms with Crippen LogP contribution in [0.15, 0.2) is 0 Å². The Morgan fingerprint density at radius 2 is 1.11 bits per heavy atom. The van der Waals surface area contributed by atoms with Crippen LogP contribution in [0.5, 0.6) is 0 Å². The molecule has 0 bridgehead atoms. The molecule has 162 valence electrons. The van der Waals surface area contributed by atoms with Crippen LogP contribution in [-0.4, -0.2) is 23.8 Å². The number of esters is 1. The van der Waals surface area contributed by atoms with Crippen molar-refractivity contribution in [3.8, 4) is 0 Å². The van der Waals surface area contributed by atoms with Crippen LogP contribution in [-0.2, 0) is 9.53 Å². The van der Waals surface area contributed by atoms with Gasteiger partial charge in [0.1, 0.15) is 0 Å². The molecule has 0 fully saturated rings. The number of aliphatic hydroxyl groups excluding tert-OH is 1. The largest absolute Gasteiger partial charge is 0.466 e. The Bertz CT molecular complexity index is 304. The molecule has 0 aromatic rings. The summed E-state index contributed by atoms with van der Waals surface area (Å²) >= 11 is 0. The van der Waals surface area contributed by atoms with Gasteiger partial charge in [0.2, 0.25) is 0 Å². The van der Waals surface area contributed by atoms with Gasteiger partial charge in [-0.1, -0.05) is 110 Å². The molecule has 0 amide bonds. The number of hydrogen-bond acceptors (Lipinski definition) is 3. The van der Waals surface area contributed by atoms with Gasteiger partial charge in [0.05, 0.1) is 12.7 Å². The third-order valence-corrected chi connectivity index (χ3v) is 5.33.